The summed E-state index contributed by atoms with van der Waals surface area (Å²) < 4.78 is 10.9. The number of amides is 2. The van der Waals surface area contributed by atoms with Crippen LogP contribution in [0.2, 0.25) is 0 Å². The molecule has 7 nitrogen and oxygen atoms in total. The van der Waals surface area contributed by atoms with Gasteiger partial charge in [-0.3, -0.25) is 9.59 Å². The number of anilines is 1. The molecule has 8 heteroatoms. The van der Waals surface area contributed by atoms with E-state index < -0.39 is 12.1 Å². The lowest BCUT2D eigenvalue weighted by molar-refractivity contribution is -0.148. The van der Waals surface area contributed by atoms with Crippen LogP contribution in [0.25, 0.3) is 0 Å². The lowest BCUT2D eigenvalue weighted by atomic mass is 10.1. The monoisotopic (exact) mass is 383 g/mol. The molecule has 2 heterocycles. The second-order valence-corrected chi connectivity index (χ2v) is 6.45. The standard InChI is InChI=1S/C18H25N3O4.ClH/c1-12-5-6-15(24-2)13(10-12)20-17(22)14-4-3-8-21(14)18(23)16-11-19-7-9-25-16;/h5-6,10,14,16,19H,3-4,7-9,11H2,1-2H3,(H,20,22);1H. The van der Waals surface area contributed by atoms with Gasteiger partial charge >= 0.3 is 0 Å². The molecule has 3 rings (SSSR count). The van der Waals surface area contributed by atoms with Crippen molar-refractivity contribution in [1.82, 2.24) is 10.2 Å². The van der Waals surface area contributed by atoms with Gasteiger partial charge in [0.2, 0.25) is 5.91 Å². The summed E-state index contributed by atoms with van der Waals surface area (Å²) in [6.45, 7) is 4.30. The van der Waals surface area contributed by atoms with Gasteiger partial charge in [0.25, 0.3) is 5.91 Å². The number of morpholine rings is 1. The number of hydrogen-bond acceptors (Lipinski definition) is 5. The van der Waals surface area contributed by atoms with Gasteiger partial charge in [0.15, 0.2) is 0 Å². The van der Waals surface area contributed by atoms with Gasteiger partial charge in [-0.1, -0.05) is 6.07 Å². The molecule has 0 spiro atoms. The third kappa shape index (κ3) is 4.47. The number of methoxy groups -OCH3 is 1. The summed E-state index contributed by atoms with van der Waals surface area (Å²) in [5, 5.41) is 6.07. The van der Waals surface area contributed by atoms with Crippen LogP contribution in [0.15, 0.2) is 18.2 Å². The summed E-state index contributed by atoms with van der Waals surface area (Å²) >= 11 is 0. The van der Waals surface area contributed by atoms with Crippen molar-refractivity contribution in [3.05, 3.63) is 23.8 Å². The Morgan fingerprint density at radius 3 is 2.88 bits per heavy atom. The van der Waals surface area contributed by atoms with Crippen LogP contribution in [-0.2, 0) is 14.3 Å². The minimum Gasteiger partial charge on any atom is -0.495 e. The van der Waals surface area contributed by atoms with E-state index in [9.17, 15) is 9.59 Å². The van der Waals surface area contributed by atoms with Crippen LogP contribution in [0.1, 0.15) is 18.4 Å². The quantitative estimate of drug-likeness (QED) is 0.820. The second kappa shape index (κ2) is 9.21. The molecule has 2 aliphatic heterocycles. The molecule has 0 aliphatic carbocycles. The van der Waals surface area contributed by atoms with Crippen molar-refractivity contribution in [3.63, 3.8) is 0 Å². The molecule has 2 fully saturated rings. The number of ether oxygens (including phenoxy) is 2. The van der Waals surface area contributed by atoms with Crippen molar-refractivity contribution in [2.24, 2.45) is 0 Å². The van der Waals surface area contributed by atoms with Crippen molar-refractivity contribution in [2.45, 2.75) is 31.9 Å². The minimum atomic E-state index is -0.504. The molecule has 2 aliphatic rings. The number of rotatable bonds is 4. The molecule has 1 aromatic rings. The zero-order valence-electron chi connectivity index (χ0n) is 15.1. The Kier molecular flexibility index (Phi) is 7.25. The SMILES string of the molecule is COc1ccc(C)cc1NC(=O)C1CCCN1C(=O)C1CNCCO1.Cl. The van der Waals surface area contributed by atoms with Gasteiger partial charge in [-0.25, -0.2) is 0 Å². The molecule has 0 radical (unpaired) electrons. The molecule has 2 atom stereocenters. The van der Waals surface area contributed by atoms with E-state index in [2.05, 4.69) is 10.6 Å². The number of likely N-dealkylation sites (tertiary alicyclic amines) is 1. The van der Waals surface area contributed by atoms with Crippen LogP contribution in [0.4, 0.5) is 5.69 Å². The molecule has 2 N–H and O–H groups in total. The number of aryl methyl sites for hydroxylation is 1. The Balaban J connectivity index is 0.00000243. The van der Waals surface area contributed by atoms with Crippen molar-refractivity contribution >= 4 is 29.9 Å². The fourth-order valence-corrected chi connectivity index (χ4v) is 3.35. The summed E-state index contributed by atoms with van der Waals surface area (Å²) in [6, 6.07) is 5.15. The summed E-state index contributed by atoms with van der Waals surface area (Å²) in [5.41, 5.74) is 1.65. The Bertz CT molecular complexity index is 649. The van der Waals surface area contributed by atoms with E-state index in [4.69, 9.17) is 9.47 Å². The number of halogens is 1. The van der Waals surface area contributed by atoms with Gasteiger partial charge in [0, 0.05) is 19.6 Å². The normalized spacial score (nSPS) is 22.5. The number of hydrogen-bond donors (Lipinski definition) is 2. The van der Waals surface area contributed by atoms with Gasteiger partial charge in [0.05, 0.1) is 19.4 Å². The van der Waals surface area contributed by atoms with Gasteiger partial charge in [-0.2, -0.15) is 0 Å². The van der Waals surface area contributed by atoms with E-state index in [1.165, 1.54) is 0 Å². The van der Waals surface area contributed by atoms with Crippen molar-refractivity contribution in [2.75, 3.05) is 38.7 Å². The highest BCUT2D eigenvalue weighted by Gasteiger charge is 2.38. The first-order chi connectivity index (χ1) is 12.1. The first-order valence-corrected chi connectivity index (χ1v) is 8.68. The third-order valence-corrected chi connectivity index (χ3v) is 4.65. The average Bonchev–Trinajstić information content (AvgIpc) is 3.12. The van der Waals surface area contributed by atoms with Crippen LogP contribution < -0.4 is 15.4 Å². The van der Waals surface area contributed by atoms with Crippen LogP contribution >= 0.6 is 12.4 Å². The molecule has 0 aromatic heterocycles. The second-order valence-electron chi connectivity index (χ2n) is 6.45. The molecule has 1 aromatic carbocycles. The highest BCUT2D eigenvalue weighted by atomic mass is 35.5. The van der Waals surface area contributed by atoms with Crippen LogP contribution in [0.5, 0.6) is 5.75 Å². The molecule has 144 valence electrons. The van der Waals surface area contributed by atoms with E-state index >= 15 is 0 Å². The van der Waals surface area contributed by atoms with Crippen LogP contribution in [0, 0.1) is 6.92 Å². The highest BCUT2D eigenvalue weighted by molar-refractivity contribution is 5.99. The van der Waals surface area contributed by atoms with Gasteiger partial charge < -0.3 is 25.0 Å². The highest BCUT2D eigenvalue weighted by Crippen LogP contribution is 2.27. The number of carbonyl (C=O) groups excluding carboxylic acids is 2. The molecule has 2 unspecified atom stereocenters. The first kappa shape index (κ1) is 20.5. The Morgan fingerprint density at radius 2 is 2.19 bits per heavy atom. The average molecular weight is 384 g/mol. The van der Waals surface area contributed by atoms with Crippen molar-refractivity contribution < 1.29 is 19.1 Å². The number of carbonyl (C=O) groups is 2. The maximum Gasteiger partial charge on any atom is 0.253 e. The first-order valence-electron chi connectivity index (χ1n) is 8.68. The lowest BCUT2D eigenvalue weighted by Crippen LogP contribution is -2.52. The maximum absolute atomic E-state index is 12.8. The van der Waals surface area contributed by atoms with Gasteiger partial charge in [0.1, 0.15) is 17.9 Å². The number of nitrogens with zero attached hydrogens (tertiary/aromatic N) is 1. The molecule has 2 saturated heterocycles. The van der Waals surface area contributed by atoms with E-state index in [-0.39, 0.29) is 24.2 Å². The molecule has 0 saturated carbocycles. The summed E-state index contributed by atoms with van der Waals surface area (Å²) in [4.78, 5) is 27.1. The summed E-state index contributed by atoms with van der Waals surface area (Å²) in [5.74, 6) is 0.314. The fourth-order valence-electron chi connectivity index (χ4n) is 3.35. The fraction of sp³-hybridized carbons (Fsp3) is 0.556. The molecule has 26 heavy (non-hydrogen) atoms. The smallest absolute Gasteiger partial charge is 0.253 e. The lowest BCUT2D eigenvalue weighted by Gasteiger charge is -2.30. The van der Waals surface area contributed by atoms with Crippen LogP contribution in [-0.4, -0.2) is 62.2 Å². The maximum atomic E-state index is 12.8. The zero-order valence-corrected chi connectivity index (χ0v) is 15.9. The number of nitrogens with one attached hydrogen (secondary N) is 2. The zero-order chi connectivity index (χ0) is 17.8. The Labute approximate surface area is 159 Å². The Morgan fingerprint density at radius 1 is 1.38 bits per heavy atom. The van der Waals surface area contributed by atoms with E-state index in [0.29, 0.717) is 37.6 Å². The van der Waals surface area contributed by atoms with Gasteiger partial charge in [-0.05, 0) is 37.5 Å². The Hall–Kier alpha value is -1.83. The number of benzene rings is 1. The predicted molar refractivity (Wildman–Crippen MR) is 101 cm³/mol. The van der Waals surface area contributed by atoms with Crippen molar-refractivity contribution in [3.8, 4) is 5.75 Å². The largest absolute Gasteiger partial charge is 0.495 e. The molecular formula is C18H26ClN3O4. The topological polar surface area (TPSA) is 79.9 Å². The summed E-state index contributed by atoms with van der Waals surface area (Å²) in [7, 11) is 1.57. The van der Waals surface area contributed by atoms with Crippen LogP contribution in [0.3, 0.4) is 0 Å². The molecule has 2 amide bonds. The predicted octanol–water partition coefficient (Wildman–Crippen LogP) is 1.34. The van der Waals surface area contributed by atoms with Gasteiger partial charge in [-0.15, -0.1) is 12.4 Å². The van der Waals surface area contributed by atoms with E-state index in [1.807, 2.05) is 25.1 Å². The minimum absolute atomic E-state index is 0. The summed E-state index contributed by atoms with van der Waals surface area (Å²) in [6.07, 6.45) is 0.969. The van der Waals surface area contributed by atoms with E-state index in [0.717, 1.165) is 18.5 Å². The van der Waals surface area contributed by atoms with E-state index in [1.54, 1.807) is 12.0 Å². The van der Waals surface area contributed by atoms with Crippen molar-refractivity contribution in [1.29, 1.82) is 0 Å². The molecular weight excluding hydrogens is 358 g/mol. The molecule has 0 bridgehead atoms. The third-order valence-electron chi connectivity index (χ3n) is 4.65.